The summed E-state index contributed by atoms with van der Waals surface area (Å²) < 4.78 is 6.20. The third-order valence-corrected chi connectivity index (χ3v) is 6.04. The minimum Gasteiger partial charge on any atom is -0.456 e. The van der Waals surface area contributed by atoms with Gasteiger partial charge in [-0.25, -0.2) is 0 Å². The number of fused-ring (bicyclic) bond motifs is 1. The zero-order valence-corrected chi connectivity index (χ0v) is 18.5. The Morgan fingerprint density at radius 3 is 2.56 bits per heavy atom. The van der Waals surface area contributed by atoms with Gasteiger partial charge >= 0.3 is 0 Å². The number of amides is 1. The SMILES string of the molecule is O=C(Nc1ccccc1-c1cc2c(CN3CCNCC3)cccc2o1)c1ccc([N+](=O)[O-])cc1. The summed E-state index contributed by atoms with van der Waals surface area (Å²) in [7, 11) is 0. The number of furan rings is 1. The van der Waals surface area contributed by atoms with Crippen molar-refractivity contribution in [2.75, 3.05) is 31.5 Å². The Hall–Kier alpha value is -4.01. The fraction of sp³-hybridized carbons (Fsp3) is 0.192. The molecule has 0 atom stereocenters. The summed E-state index contributed by atoms with van der Waals surface area (Å²) >= 11 is 0. The van der Waals surface area contributed by atoms with Gasteiger partial charge in [0.1, 0.15) is 11.3 Å². The molecule has 2 heterocycles. The molecule has 1 aromatic heterocycles. The molecule has 34 heavy (non-hydrogen) atoms. The number of nitrogens with zero attached hydrogens (tertiary/aromatic N) is 2. The Morgan fingerprint density at radius 1 is 1.03 bits per heavy atom. The van der Waals surface area contributed by atoms with Gasteiger partial charge in [0, 0.05) is 61.4 Å². The highest BCUT2D eigenvalue weighted by Crippen LogP contribution is 2.34. The van der Waals surface area contributed by atoms with Gasteiger partial charge < -0.3 is 15.1 Å². The topological polar surface area (TPSA) is 101 Å². The lowest BCUT2D eigenvalue weighted by Crippen LogP contribution is -2.42. The maximum Gasteiger partial charge on any atom is 0.269 e. The third-order valence-electron chi connectivity index (χ3n) is 6.04. The highest BCUT2D eigenvalue weighted by atomic mass is 16.6. The number of hydrogen-bond donors (Lipinski definition) is 2. The summed E-state index contributed by atoms with van der Waals surface area (Å²) in [4.78, 5) is 25.6. The van der Waals surface area contributed by atoms with Crippen molar-refractivity contribution in [3.05, 3.63) is 94.0 Å². The Kier molecular flexibility index (Phi) is 6.07. The van der Waals surface area contributed by atoms with Gasteiger partial charge in [-0.05, 0) is 42.0 Å². The zero-order valence-electron chi connectivity index (χ0n) is 18.5. The molecule has 0 saturated carbocycles. The van der Waals surface area contributed by atoms with E-state index in [0.29, 0.717) is 17.0 Å². The van der Waals surface area contributed by atoms with E-state index in [2.05, 4.69) is 21.6 Å². The fourth-order valence-electron chi connectivity index (χ4n) is 4.24. The Labute approximate surface area is 196 Å². The van der Waals surface area contributed by atoms with Crippen LogP contribution in [0.15, 0.2) is 77.2 Å². The smallest absolute Gasteiger partial charge is 0.269 e. The first kappa shape index (κ1) is 21.8. The third kappa shape index (κ3) is 4.54. The van der Waals surface area contributed by atoms with E-state index in [0.717, 1.165) is 49.3 Å². The molecule has 172 valence electrons. The van der Waals surface area contributed by atoms with E-state index < -0.39 is 4.92 Å². The number of nitro groups is 1. The van der Waals surface area contributed by atoms with Crippen LogP contribution in [-0.4, -0.2) is 41.9 Å². The number of nitro benzene ring substituents is 1. The molecule has 0 unspecified atom stereocenters. The summed E-state index contributed by atoms with van der Waals surface area (Å²) in [5, 5.41) is 18.2. The second kappa shape index (κ2) is 9.46. The van der Waals surface area contributed by atoms with Gasteiger partial charge in [0.2, 0.25) is 0 Å². The van der Waals surface area contributed by atoms with Crippen LogP contribution >= 0.6 is 0 Å². The number of rotatable bonds is 6. The first-order valence-electron chi connectivity index (χ1n) is 11.2. The maximum absolute atomic E-state index is 12.8. The molecule has 0 radical (unpaired) electrons. The largest absolute Gasteiger partial charge is 0.456 e. The number of carbonyl (C=O) groups is 1. The van der Waals surface area contributed by atoms with E-state index in [1.54, 1.807) is 0 Å². The van der Waals surface area contributed by atoms with E-state index in [9.17, 15) is 14.9 Å². The molecule has 0 bridgehead atoms. The van der Waals surface area contributed by atoms with Crippen LogP contribution in [0.2, 0.25) is 0 Å². The average molecular weight is 457 g/mol. The fourth-order valence-corrected chi connectivity index (χ4v) is 4.24. The number of non-ortho nitro benzene ring substituents is 1. The van der Waals surface area contributed by atoms with Crippen molar-refractivity contribution < 1.29 is 14.1 Å². The predicted molar refractivity (Wildman–Crippen MR) is 131 cm³/mol. The van der Waals surface area contributed by atoms with Crippen LogP contribution in [0.25, 0.3) is 22.3 Å². The second-order valence-electron chi connectivity index (χ2n) is 8.27. The normalized spacial score (nSPS) is 14.2. The molecule has 4 aromatic rings. The van der Waals surface area contributed by atoms with Crippen LogP contribution in [0.5, 0.6) is 0 Å². The van der Waals surface area contributed by atoms with Gasteiger partial charge in [0.15, 0.2) is 0 Å². The average Bonchev–Trinajstić information content (AvgIpc) is 3.30. The summed E-state index contributed by atoms with van der Waals surface area (Å²) in [6.07, 6.45) is 0. The number of benzene rings is 3. The van der Waals surface area contributed by atoms with E-state index in [-0.39, 0.29) is 11.6 Å². The van der Waals surface area contributed by atoms with Gasteiger partial charge in [0.25, 0.3) is 11.6 Å². The molecule has 8 heteroatoms. The number of hydrogen-bond acceptors (Lipinski definition) is 6. The predicted octanol–water partition coefficient (Wildman–Crippen LogP) is 4.67. The lowest BCUT2D eigenvalue weighted by Gasteiger charge is -2.27. The van der Waals surface area contributed by atoms with Crippen molar-refractivity contribution in [2.45, 2.75) is 6.54 Å². The summed E-state index contributed by atoms with van der Waals surface area (Å²) in [6.45, 7) is 4.87. The number of anilines is 1. The van der Waals surface area contributed by atoms with Crippen molar-refractivity contribution in [3.63, 3.8) is 0 Å². The molecular weight excluding hydrogens is 432 g/mol. The first-order chi connectivity index (χ1) is 16.6. The lowest BCUT2D eigenvalue weighted by molar-refractivity contribution is -0.384. The maximum atomic E-state index is 12.8. The quantitative estimate of drug-likeness (QED) is 0.323. The van der Waals surface area contributed by atoms with Crippen molar-refractivity contribution in [1.29, 1.82) is 0 Å². The van der Waals surface area contributed by atoms with Crippen molar-refractivity contribution in [3.8, 4) is 11.3 Å². The molecule has 1 aliphatic rings. The summed E-state index contributed by atoms with van der Waals surface area (Å²) in [5.41, 5.74) is 3.66. The molecule has 1 aliphatic heterocycles. The van der Waals surface area contributed by atoms with Gasteiger partial charge in [-0.3, -0.25) is 19.8 Å². The number of carbonyl (C=O) groups excluding carboxylic acids is 1. The number of piperazine rings is 1. The molecule has 1 amide bonds. The van der Waals surface area contributed by atoms with Gasteiger partial charge in [0.05, 0.1) is 10.6 Å². The van der Waals surface area contributed by atoms with Crippen LogP contribution in [0.1, 0.15) is 15.9 Å². The molecule has 2 N–H and O–H groups in total. The van der Waals surface area contributed by atoms with Crippen molar-refractivity contribution in [2.24, 2.45) is 0 Å². The number of nitrogens with one attached hydrogen (secondary N) is 2. The molecule has 1 fully saturated rings. The second-order valence-corrected chi connectivity index (χ2v) is 8.27. The van der Waals surface area contributed by atoms with Crippen LogP contribution in [-0.2, 0) is 6.54 Å². The van der Waals surface area contributed by atoms with E-state index in [1.807, 2.05) is 42.5 Å². The molecule has 8 nitrogen and oxygen atoms in total. The van der Waals surface area contributed by atoms with E-state index in [1.165, 1.54) is 29.8 Å². The molecular formula is C26H24N4O4. The van der Waals surface area contributed by atoms with Gasteiger partial charge in [-0.15, -0.1) is 0 Å². The van der Waals surface area contributed by atoms with Crippen molar-refractivity contribution in [1.82, 2.24) is 10.2 Å². The first-order valence-corrected chi connectivity index (χ1v) is 11.2. The minimum atomic E-state index is -0.491. The summed E-state index contributed by atoms with van der Waals surface area (Å²) in [6, 6.07) is 21.1. The van der Waals surface area contributed by atoms with Gasteiger partial charge in [-0.2, -0.15) is 0 Å². The zero-order chi connectivity index (χ0) is 23.5. The highest BCUT2D eigenvalue weighted by Gasteiger charge is 2.17. The monoisotopic (exact) mass is 456 g/mol. The molecule has 0 spiro atoms. The van der Waals surface area contributed by atoms with Gasteiger partial charge in [-0.1, -0.05) is 24.3 Å². The highest BCUT2D eigenvalue weighted by molar-refractivity contribution is 6.06. The Balaban J connectivity index is 1.42. The minimum absolute atomic E-state index is 0.0594. The van der Waals surface area contributed by atoms with Crippen molar-refractivity contribution >= 4 is 28.3 Å². The lowest BCUT2D eigenvalue weighted by atomic mass is 10.1. The summed E-state index contributed by atoms with van der Waals surface area (Å²) in [5.74, 6) is 0.320. The van der Waals surface area contributed by atoms with Crippen LogP contribution in [0.4, 0.5) is 11.4 Å². The molecule has 3 aromatic carbocycles. The number of para-hydroxylation sites is 1. The van der Waals surface area contributed by atoms with Crippen LogP contribution < -0.4 is 10.6 Å². The Bertz CT molecular complexity index is 1340. The molecule has 1 saturated heterocycles. The molecule has 5 rings (SSSR count). The van der Waals surface area contributed by atoms with Crippen LogP contribution in [0.3, 0.4) is 0 Å². The van der Waals surface area contributed by atoms with E-state index >= 15 is 0 Å². The van der Waals surface area contributed by atoms with Crippen LogP contribution in [0, 0.1) is 10.1 Å². The standard InChI is InChI=1S/C26H24N4O4/c31-26(18-8-10-20(11-9-18)30(32)33)28-23-6-2-1-5-21(23)25-16-22-19(4-3-7-24(22)34-25)17-29-14-12-27-13-15-29/h1-11,16,27H,12-15,17H2,(H,28,31). The molecule has 0 aliphatic carbocycles. The van der Waals surface area contributed by atoms with E-state index in [4.69, 9.17) is 4.42 Å². The Morgan fingerprint density at radius 2 is 1.79 bits per heavy atom.